The van der Waals surface area contributed by atoms with E-state index in [2.05, 4.69) is 399 Å². The maximum atomic E-state index is 6.01. The van der Waals surface area contributed by atoms with Gasteiger partial charge in [0.2, 0.25) is 0 Å². The van der Waals surface area contributed by atoms with Crippen LogP contribution in [0, 0.1) is 0 Å². The van der Waals surface area contributed by atoms with Gasteiger partial charge < -0.3 is 18.1 Å². The lowest BCUT2D eigenvalue weighted by atomic mass is 9.98. The molecule has 0 aliphatic heterocycles. The Balaban J connectivity index is 0.000000105. The second-order valence-corrected chi connectivity index (χ2v) is 32.8. The highest BCUT2D eigenvalue weighted by Gasteiger charge is 2.20. The van der Waals surface area contributed by atoms with E-state index in [4.69, 9.17) is 4.42 Å². The lowest BCUT2D eigenvalue weighted by Crippen LogP contribution is -1.94. The molecule has 7 nitrogen and oxygen atoms in total. The minimum absolute atomic E-state index is 0.921. The summed E-state index contributed by atoms with van der Waals surface area (Å²) in [4.78, 5) is 13.3. The SMILES string of the molecule is c1ccc(-c2ccc(-n3c4ccc(-c5ccc(-c6ccc7sc8ccccc8c7c6)cc5)cc4c4ccncc43)cc2)cc1.c1ccc(-n2c3ccc(-c4ccc(-c5ccc6oc7ccccc7c6c5)cc4)cc3c3ccncc32)cc1.c1ccc(-n2c3ccc(-c4ccc(-c5ccc6sc7ccccc7c6c5)cc4)cc3c3ccncc32)cc1. The van der Waals surface area contributed by atoms with Crippen molar-refractivity contribution < 1.29 is 4.42 Å². The number of para-hydroxylation sites is 3. The van der Waals surface area contributed by atoms with Crippen LogP contribution in [0.15, 0.2) is 430 Å². The normalized spacial score (nSPS) is 11.7. The first-order valence-corrected chi connectivity index (χ1v) is 42.1. The van der Waals surface area contributed by atoms with Gasteiger partial charge in [-0.2, -0.15) is 0 Å². The lowest BCUT2D eigenvalue weighted by Gasteiger charge is -2.10. The minimum atomic E-state index is 0.921. The van der Waals surface area contributed by atoms with Crippen LogP contribution in [-0.2, 0) is 0 Å². The molecule has 0 atom stereocenters. The van der Waals surface area contributed by atoms with Crippen LogP contribution in [0.3, 0.4) is 0 Å². The van der Waals surface area contributed by atoms with Crippen molar-refractivity contribution in [2.45, 2.75) is 0 Å². The average molecular weight is 1570 g/mol. The quantitative estimate of drug-likeness (QED) is 0.137. The number of furan rings is 1. The molecule has 0 fully saturated rings. The Bertz CT molecular complexity index is 7930. The molecule has 0 saturated heterocycles. The molecule has 562 valence electrons. The van der Waals surface area contributed by atoms with Crippen LogP contribution in [0.5, 0.6) is 0 Å². The fourth-order valence-corrected chi connectivity index (χ4v) is 20.0. The number of pyridine rings is 3. The highest BCUT2D eigenvalue weighted by atomic mass is 32.1. The van der Waals surface area contributed by atoms with Crippen LogP contribution in [0.4, 0.5) is 0 Å². The number of benzene rings is 16. The molecule has 120 heavy (non-hydrogen) atoms. The summed E-state index contributed by atoms with van der Waals surface area (Å²) in [5.74, 6) is 0. The van der Waals surface area contributed by atoms with Gasteiger partial charge in [0.25, 0.3) is 0 Å². The summed E-state index contributed by atoms with van der Waals surface area (Å²) in [6.07, 6.45) is 11.5. The van der Waals surface area contributed by atoms with Crippen molar-refractivity contribution in [3.63, 3.8) is 0 Å². The van der Waals surface area contributed by atoms with Gasteiger partial charge >= 0.3 is 0 Å². The third-order valence-corrected chi connectivity index (χ3v) is 26.1. The number of aromatic nitrogens is 6. The van der Waals surface area contributed by atoms with E-state index in [0.29, 0.717) is 0 Å². The van der Waals surface area contributed by atoms with Gasteiger partial charge in [0.15, 0.2) is 0 Å². The predicted octanol–water partition coefficient (Wildman–Crippen LogP) is 30.8. The number of hydrogen-bond donors (Lipinski definition) is 0. The maximum Gasteiger partial charge on any atom is 0.135 e. The van der Waals surface area contributed by atoms with Gasteiger partial charge in [-0.25, -0.2) is 0 Å². The Morgan fingerprint density at radius 1 is 0.175 bits per heavy atom. The Morgan fingerprint density at radius 2 is 0.450 bits per heavy atom. The molecule has 9 heterocycles. The molecule has 9 aromatic heterocycles. The largest absolute Gasteiger partial charge is 0.456 e. The summed E-state index contributed by atoms with van der Waals surface area (Å²) in [7, 11) is 0. The zero-order valence-electron chi connectivity index (χ0n) is 64.8. The molecular weight excluding hydrogens is 1500 g/mol. The Morgan fingerprint density at radius 3 is 0.858 bits per heavy atom. The molecule has 0 bridgehead atoms. The molecule has 9 heteroatoms. The van der Waals surface area contributed by atoms with E-state index >= 15 is 0 Å². The summed E-state index contributed by atoms with van der Waals surface area (Å²) in [5, 5.41) is 15.0. The number of hydrogen-bond acceptors (Lipinski definition) is 6. The molecule has 16 aromatic carbocycles. The van der Waals surface area contributed by atoms with Crippen molar-refractivity contribution in [1.29, 1.82) is 0 Å². The van der Waals surface area contributed by atoms with Crippen LogP contribution in [0.1, 0.15) is 0 Å². The Kier molecular flexibility index (Phi) is 17.2. The number of fused-ring (bicyclic) bond motifs is 18. The fourth-order valence-electron chi connectivity index (χ4n) is 17.8. The molecular formula is C111H70N6OS2. The van der Waals surface area contributed by atoms with Crippen LogP contribution in [-0.4, -0.2) is 28.7 Å². The Hall–Kier alpha value is -15.4. The van der Waals surface area contributed by atoms with Gasteiger partial charge in [-0.15, -0.1) is 22.7 Å². The molecule has 0 unspecified atom stereocenters. The lowest BCUT2D eigenvalue weighted by molar-refractivity contribution is 0.669. The zero-order valence-corrected chi connectivity index (χ0v) is 66.5. The summed E-state index contributed by atoms with van der Waals surface area (Å²) in [6, 6.07) is 140. The number of nitrogens with zero attached hydrogens (tertiary/aromatic N) is 6. The molecule has 0 N–H and O–H groups in total. The molecule has 0 radical (unpaired) electrons. The summed E-state index contributed by atoms with van der Waals surface area (Å²) >= 11 is 3.72. The van der Waals surface area contributed by atoms with Crippen molar-refractivity contribution in [3.8, 4) is 95.0 Å². The van der Waals surface area contributed by atoms with E-state index in [1.165, 1.54) is 167 Å². The second kappa shape index (κ2) is 29.4. The van der Waals surface area contributed by atoms with Gasteiger partial charge in [-0.1, -0.05) is 243 Å². The van der Waals surface area contributed by atoms with Gasteiger partial charge in [0, 0.05) is 119 Å². The summed E-state index contributed by atoms with van der Waals surface area (Å²) < 4.78 is 18.3. The standard InChI is InChI=1S/C41H26N2S.C35H22N2O.C35H22N2S/c1-2-6-27(7-3-1)28-14-18-33(19-15-28)43-38-20-16-31(24-36(38)34-22-23-42-26-39(34)43)29-10-12-30(13-11-29)32-17-21-41-37(25-32)35-8-4-5-9-40(35)44-41;2*1-2-6-27(7-3-1)37-32-16-14-25(20-30(32)28-18-19-36-22-33(28)37)23-10-12-24(13-11-23)26-15-17-35-31(21-26)29-8-4-5-9-34(29)38-35/h1-26H;2*1-22H. The van der Waals surface area contributed by atoms with Gasteiger partial charge in [0.05, 0.1) is 51.7 Å². The van der Waals surface area contributed by atoms with Gasteiger partial charge in [0.1, 0.15) is 11.2 Å². The molecule has 0 amide bonds. The van der Waals surface area contributed by atoms with Crippen LogP contribution in [0.25, 0.3) is 223 Å². The van der Waals surface area contributed by atoms with Gasteiger partial charge in [-0.05, 0) is 223 Å². The summed E-state index contributed by atoms with van der Waals surface area (Å²) in [6.45, 7) is 0. The van der Waals surface area contributed by atoms with Crippen LogP contribution >= 0.6 is 22.7 Å². The minimum Gasteiger partial charge on any atom is -0.456 e. The van der Waals surface area contributed by atoms with E-state index in [0.717, 1.165) is 55.6 Å². The fraction of sp³-hybridized carbons (Fsp3) is 0. The van der Waals surface area contributed by atoms with Crippen molar-refractivity contribution in [1.82, 2.24) is 28.7 Å². The number of thiophene rings is 2. The van der Waals surface area contributed by atoms with E-state index in [9.17, 15) is 0 Å². The maximum absolute atomic E-state index is 6.01. The Labute approximate surface area is 698 Å². The van der Waals surface area contributed by atoms with E-state index < -0.39 is 0 Å². The molecule has 25 aromatic rings. The first-order chi connectivity index (χ1) is 59.5. The first kappa shape index (κ1) is 70.1. The van der Waals surface area contributed by atoms with Gasteiger partial charge in [-0.3, -0.25) is 15.0 Å². The van der Waals surface area contributed by atoms with Crippen molar-refractivity contribution in [2.75, 3.05) is 0 Å². The predicted molar refractivity (Wildman–Crippen MR) is 507 cm³/mol. The molecule has 0 spiro atoms. The van der Waals surface area contributed by atoms with Crippen molar-refractivity contribution in [3.05, 3.63) is 425 Å². The molecule has 25 rings (SSSR count). The third-order valence-electron chi connectivity index (χ3n) is 23.8. The van der Waals surface area contributed by atoms with Crippen LogP contribution < -0.4 is 0 Å². The van der Waals surface area contributed by atoms with Crippen molar-refractivity contribution >= 4 is 150 Å². The molecule has 0 aliphatic carbocycles. The average Bonchev–Trinajstić information content (AvgIpc) is 1.60. The van der Waals surface area contributed by atoms with E-state index in [-0.39, 0.29) is 0 Å². The third kappa shape index (κ3) is 12.4. The highest BCUT2D eigenvalue weighted by molar-refractivity contribution is 7.26. The molecule has 0 saturated carbocycles. The van der Waals surface area contributed by atoms with Crippen LogP contribution in [0.2, 0.25) is 0 Å². The van der Waals surface area contributed by atoms with E-state index in [1.807, 2.05) is 78.1 Å². The molecule has 0 aliphatic rings. The summed E-state index contributed by atoms with van der Waals surface area (Å²) in [5.41, 5.74) is 29.2. The monoisotopic (exact) mass is 1570 g/mol. The topological polar surface area (TPSA) is 66.6 Å². The smallest absolute Gasteiger partial charge is 0.135 e. The first-order valence-electron chi connectivity index (χ1n) is 40.4. The zero-order chi connectivity index (χ0) is 79.1. The second-order valence-electron chi connectivity index (χ2n) is 30.6. The van der Waals surface area contributed by atoms with E-state index in [1.54, 1.807) is 0 Å². The number of rotatable bonds is 10. The van der Waals surface area contributed by atoms with Crippen molar-refractivity contribution in [2.24, 2.45) is 0 Å². The highest BCUT2D eigenvalue weighted by Crippen LogP contribution is 2.44.